The van der Waals surface area contributed by atoms with Gasteiger partial charge in [-0.05, 0) is 50.6 Å². The van der Waals surface area contributed by atoms with Crippen LogP contribution >= 0.6 is 24.0 Å². The first-order valence-electron chi connectivity index (χ1n) is 8.77. The summed E-state index contributed by atoms with van der Waals surface area (Å²) in [5.74, 6) is 1.92. The minimum absolute atomic E-state index is 0. The van der Waals surface area contributed by atoms with Gasteiger partial charge in [0.25, 0.3) is 0 Å². The molecule has 2 fully saturated rings. The van der Waals surface area contributed by atoms with Gasteiger partial charge in [-0.3, -0.25) is 9.89 Å². The number of ether oxygens (including phenoxy) is 1. The quantitative estimate of drug-likeness (QED) is 0.410. The molecule has 0 saturated carbocycles. The van der Waals surface area contributed by atoms with Crippen LogP contribution in [0.4, 0.5) is 0 Å². The maximum Gasteiger partial charge on any atom is 0.193 e. The van der Waals surface area contributed by atoms with Crippen LogP contribution in [0.2, 0.25) is 0 Å². The van der Waals surface area contributed by atoms with Crippen molar-refractivity contribution in [3.63, 3.8) is 0 Å². The number of hydrogen-bond acceptors (Lipinski definition) is 4. The largest absolute Gasteiger partial charge is 0.508 e. The molecule has 2 N–H and O–H groups in total. The van der Waals surface area contributed by atoms with E-state index >= 15 is 0 Å². The minimum atomic E-state index is 0. The third-order valence-electron chi connectivity index (χ3n) is 5.06. The van der Waals surface area contributed by atoms with Gasteiger partial charge >= 0.3 is 0 Å². The summed E-state index contributed by atoms with van der Waals surface area (Å²) in [6, 6.07) is 5.93. The average Bonchev–Trinajstić information content (AvgIpc) is 3.28. The summed E-state index contributed by atoms with van der Waals surface area (Å²) < 4.78 is 5.23. The van der Waals surface area contributed by atoms with Crippen molar-refractivity contribution >= 4 is 29.9 Å². The van der Waals surface area contributed by atoms with Gasteiger partial charge in [0.1, 0.15) is 11.5 Å². The van der Waals surface area contributed by atoms with E-state index < -0.39 is 0 Å². The summed E-state index contributed by atoms with van der Waals surface area (Å²) in [6.07, 6.45) is 3.86. The molecule has 140 valence electrons. The van der Waals surface area contributed by atoms with Gasteiger partial charge in [0.15, 0.2) is 5.96 Å². The van der Waals surface area contributed by atoms with Gasteiger partial charge in [-0.15, -0.1) is 24.0 Å². The van der Waals surface area contributed by atoms with Crippen molar-refractivity contribution < 1.29 is 9.84 Å². The normalized spacial score (nSPS) is 21.3. The number of guanidine groups is 1. The lowest BCUT2D eigenvalue weighted by Gasteiger charge is -2.25. The van der Waals surface area contributed by atoms with E-state index in [1.54, 1.807) is 19.2 Å². The van der Waals surface area contributed by atoms with Crippen LogP contribution in [0, 0.1) is 0 Å². The highest BCUT2D eigenvalue weighted by molar-refractivity contribution is 14.0. The summed E-state index contributed by atoms with van der Waals surface area (Å²) in [4.78, 5) is 9.35. The Morgan fingerprint density at radius 1 is 1.32 bits per heavy atom. The van der Waals surface area contributed by atoms with Crippen LogP contribution in [0.1, 0.15) is 24.8 Å². The topological polar surface area (TPSA) is 60.3 Å². The molecule has 6 nitrogen and oxygen atoms in total. The number of phenolic OH excluding ortho intramolecular Hbond substituents is 1. The van der Waals surface area contributed by atoms with Crippen LogP contribution in [-0.2, 0) is 6.54 Å². The molecule has 1 atom stereocenters. The van der Waals surface area contributed by atoms with E-state index in [1.165, 1.54) is 32.4 Å². The highest BCUT2D eigenvalue weighted by atomic mass is 127. The summed E-state index contributed by atoms with van der Waals surface area (Å²) in [7, 11) is 3.45. The Bertz CT molecular complexity index is 590. The lowest BCUT2D eigenvalue weighted by Crippen LogP contribution is -2.42. The fourth-order valence-corrected chi connectivity index (χ4v) is 3.68. The highest BCUT2D eigenvalue weighted by Crippen LogP contribution is 2.23. The molecular formula is C18H29IN4O2. The van der Waals surface area contributed by atoms with Crippen molar-refractivity contribution in [2.45, 2.75) is 31.8 Å². The standard InChI is InChI=1S/C18H28N4O2.HI/c1-19-18(20-12-14-11-16(24-2)5-6-17(14)23)22-10-7-15(13-22)21-8-3-4-9-21;/h5-6,11,15,23H,3-4,7-10,12-13H2,1-2H3,(H,19,20);1H. The molecule has 7 heteroatoms. The summed E-state index contributed by atoms with van der Waals surface area (Å²) >= 11 is 0. The third-order valence-corrected chi connectivity index (χ3v) is 5.06. The Balaban J connectivity index is 0.00000225. The number of methoxy groups -OCH3 is 1. The maximum atomic E-state index is 10.0. The summed E-state index contributed by atoms with van der Waals surface area (Å²) in [6.45, 7) is 5.07. The van der Waals surface area contributed by atoms with Gasteiger partial charge in [0.05, 0.1) is 7.11 Å². The number of phenols is 1. The predicted molar refractivity (Wildman–Crippen MR) is 111 cm³/mol. The zero-order chi connectivity index (χ0) is 16.9. The van der Waals surface area contributed by atoms with Crippen molar-refractivity contribution in [2.24, 2.45) is 4.99 Å². The number of nitrogens with one attached hydrogen (secondary N) is 1. The Morgan fingerprint density at radius 3 is 2.76 bits per heavy atom. The molecule has 0 bridgehead atoms. The predicted octanol–water partition coefficient (Wildman–Crippen LogP) is 2.26. The number of hydrogen-bond donors (Lipinski definition) is 2. The zero-order valence-corrected chi connectivity index (χ0v) is 17.4. The molecule has 1 aromatic rings. The molecule has 3 rings (SSSR count). The molecule has 2 heterocycles. The molecule has 0 radical (unpaired) electrons. The Morgan fingerprint density at radius 2 is 2.08 bits per heavy atom. The molecule has 2 aliphatic heterocycles. The number of halogens is 1. The van der Waals surface area contributed by atoms with E-state index in [0.29, 0.717) is 12.6 Å². The van der Waals surface area contributed by atoms with Crippen LogP contribution in [-0.4, -0.2) is 67.2 Å². The Hall–Kier alpha value is -1.22. The second kappa shape index (κ2) is 9.47. The van der Waals surface area contributed by atoms with E-state index in [1.807, 2.05) is 13.1 Å². The van der Waals surface area contributed by atoms with E-state index in [4.69, 9.17) is 4.74 Å². The Labute approximate surface area is 167 Å². The molecule has 0 spiro atoms. The van der Waals surface area contributed by atoms with Crippen LogP contribution in [0.25, 0.3) is 0 Å². The molecule has 25 heavy (non-hydrogen) atoms. The van der Waals surface area contributed by atoms with E-state index in [-0.39, 0.29) is 29.7 Å². The fourth-order valence-electron chi connectivity index (χ4n) is 3.68. The number of nitrogens with zero attached hydrogens (tertiary/aromatic N) is 3. The van der Waals surface area contributed by atoms with Crippen LogP contribution in [0.3, 0.4) is 0 Å². The molecular weight excluding hydrogens is 431 g/mol. The third kappa shape index (κ3) is 4.91. The summed E-state index contributed by atoms with van der Waals surface area (Å²) in [5, 5.41) is 13.4. The molecule has 1 aromatic carbocycles. The van der Waals surface area contributed by atoms with Gasteiger partial charge in [-0.25, -0.2) is 0 Å². The van der Waals surface area contributed by atoms with Gasteiger partial charge in [0, 0.05) is 38.3 Å². The maximum absolute atomic E-state index is 10.0. The van der Waals surface area contributed by atoms with Crippen molar-refractivity contribution in [2.75, 3.05) is 40.3 Å². The minimum Gasteiger partial charge on any atom is -0.508 e. The lowest BCUT2D eigenvalue weighted by atomic mass is 10.2. The van der Waals surface area contributed by atoms with Crippen molar-refractivity contribution in [1.82, 2.24) is 15.1 Å². The monoisotopic (exact) mass is 460 g/mol. The molecule has 0 aliphatic carbocycles. The molecule has 0 aromatic heterocycles. The highest BCUT2D eigenvalue weighted by Gasteiger charge is 2.30. The van der Waals surface area contributed by atoms with Crippen molar-refractivity contribution in [1.29, 1.82) is 0 Å². The van der Waals surface area contributed by atoms with Gasteiger partial charge in [-0.2, -0.15) is 0 Å². The number of benzene rings is 1. The van der Waals surface area contributed by atoms with Crippen LogP contribution in [0.5, 0.6) is 11.5 Å². The average molecular weight is 460 g/mol. The van der Waals surface area contributed by atoms with E-state index in [2.05, 4.69) is 20.1 Å². The SMILES string of the molecule is CN=C(NCc1cc(OC)ccc1O)N1CCC(N2CCCC2)C1.I. The Kier molecular flexibility index (Phi) is 7.61. The molecule has 2 aliphatic rings. The fraction of sp³-hybridized carbons (Fsp3) is 0.611. The first kappa shape index (κ1) is 20.1. The first-order chi connectivity index (χ1) is 11.7. The number of rotatable bonds is 4. The molecule has 0 amide bonds. The smallest absolute Gasteiger partial charge is 0.193 e. The lowest BCUT2D eigenvalue weighted by molar-refractivity contribution is 0.249. The molecule has 1 unspecified atom stereocenters. The van der Waals surface area contributed by atoms with Crippen LogP contribution < -0.4 is 10.1 Å². The van der Waals surface area contributed by atoms with Gasteiger partial charge < -0.3 is 20.1 Å². The second-order valence-electron chi connectivity index (χ2n) is 6.53. The van der Waals surface area contributed by atoms with Crippen LogP contribution in [0.15, 0.2) is 23.2 Å². The van der Waals surface area contributed by atoms with Crippen molar-refractivity contribution in [3.05, 3.63) is 23.8 Å². The first-order valence-corrected chi connectivity index (χ1v) is 8.77. The van der Waals surface area contributed by atoms with Gasteiger partial charge in [0.2, 0.25) is 0 Å². The second-order valence-corrected chi connectivity index (χ2v) is 6.53. The number of likely N-dealkylation sites (tertiary alicyclic amines) is 2. The van der Waals surface area contributed by atoms with E-state index in [9.17, 15) is 5.11 Å². The number of aromatic hydroxyl groups is 1. The van der Waals surface area contributed by atoms with E-state index in [0.717, 1.165) is 30.4 Å². The zero-order valence-electron chi connectivity index (χ0n) is 15.1. The van der Waals surface area contributed by atoms with Gasteiger partial charge in [-0.1, -0.05) is 0 Å². The summed E-state index contributed by atoms with van der Waals surface area (Å²) in [5.41, 5.74) is 0.811. The van der Waals surface area contributed by atoms with Crippen molar-refractivity contribution in [3.8, 4) is 11.5 Å². The number of aliphatic imine (C=N–C) groups is 1. The molecule has 2 saturated heterocycles.